The van der Waals surface area contributed by atoms with Crippen molar-refractivity contribution in [3.05, 3.63) is 60.8 Å². The third kappa shape index (κ3) is 32.4. The molecule has 1 heterocycles. The molecule has 0 aromatic carbocycles. The van der Waals surface area contributed by atoms with E-state index >= 15 is 0 Å². The molecule has 0 bridgehead atoms. The van der Waals surface area contributed by atoms with E-state index in [-0.39, 0.29) is 19.4 Å². The van der Waals surface area contributed by atoms with Crippen molar-refractivity contribution in [1.29, 1.82) is 0 Å². The number of esters is 2. The van der Waals surface area contributed by atoms with E-state index in [0.717, 1.165) is 57.8 Å². The minimum Gasteiger partial charge on any atom is -0.462 e. The molecule has 10 heteroatoms. The summed E-state index contributed by atoms with van der Waals surface area (Å²) in [5.74, 6) is -0.972. The number of hydrogen-bond donors (Lipinski definition) is 2. The summed E-state index contributed by atoms with van der Waals surface area (Å²) in [6.45, 7) is 3.56. The lowest BCUT2D eigenvalue weighted by atomic mass is 10.1. The molecule has 1 fully saturated rings. The van der Waals surface area contributed by atoms with Crippen molar-refractivity contribution in [3.63, 3.8) is 0 Å². The van der Waals surface area contributed by atoms with Crippen LogP contribution in [0.15, 0.2) is 60.8 Å². The zero-order valence-electron chi connectivity index (χ0n) is 32.4. The molecule has 0 aliphatic carbocycles. The van der Waals surface area contributed by atoms with Crippen molar-refractivity contribution in [2.24, 2.45) is 0 Å². The largest absolute Gasteiger partial charge is 0.469 e. The van der Waals surface area contributed by atoms with Gasteiger partial charge in [-0.1, -0.05) is 132 Å². The van der Waals surface area contributed by atoms with Crippen molar-refractivity contribution < 1.29 is 42.7 Å². The third-order valence-corrected chi connectivity index (χ3v) is 9.17. The van der Waals surface area contributed by atoms with Gasteiger partial charge in [0.15, 0.2) is 6.10 Å². The lowest BCUT2D eigenvalue weighted by Gasteiger charge is -2.18. The predicted molar refractivity (Wildman–Crippen MR) is 211 cm³/mol. The van der Waals surface area contributed by atoms with Crippen LogP contribution in [0.4, 0.5) is 0 Å². The molecule has 2 N–H and O–H groups in total. The first-order chi connectivity index (χ1) is 25.2. The van der Waals surface area contributed by atoms with Crippen molar-refractivity contribution in [3.8, 4) is 0 Å². The highest BCUT2D eigenvalue weighted by atomic mass is 31.2. The fourth-order valence-electron chi connectivity index (χ4n) is 5.55. The fraction of sp³-hybridized carbons (Fsp3) is 0.714. The lowest BCUT2D eigenvalue weighted by molar-refractivity contribution is -0.161. The minimum atomic E-state index is -4.78. The average molecular weight is 751 g/mol. The Bertz CT molecular complexity index is 1090. The zero-order valence-corrected chi connectivity index (χ0v) is 33.3. The number of allylic oxidation sites excluding steroid dienone is 9. The van der Waals surface area contributed by atoms with E-state index in [0.29, 0.717) is 31.5 Å². The molecular formula is C42H71O9P. The molecule has 1 saturated heterocycles. The maximum Gasteiger partial charge on any atom is 0.469 e. The summed E-state index contributed by atoms with van der Waals surface area (Å²) in [6.07, 6.45) is 44.0. The summed E-state index contributed by atoms with van der Waals surface area (Å²) in [5, 5.41) is 0. The number of rotatable bonds is 35. The highest BCUT2D eigenvalue weighted by Crippen LogP contribution is 2.36. The maximum atomic E-state index is 12.4. The first kappa shape index (κ1) is 47.7. The Balaban J connectivity index is 2.12. The van der Waals surface area contributed by atoms with E-state index < -0.39 is 32.5 Å². The Morgan fingerprint density at radius 2 is 1.13 bits per heavy atom. The second-order valence-corrected chi connectivity index (χ2v) is 14.9. The second-order valence-electron chi connectivity index (χ2n) is 13.6. The van der Waals surface area contributed by atoms with E-state index in [4.69, 9.17) is 24.0 Å². The summed E-state index contributed by atoms with van der Waals surface area (Å²) < 4.78 is 32.0. The number of unbranched alkanes of at least 4 members (excludes halogenated alkanes) is 12. The zero-order chi connectivity index (χ0) is 38.0. The highest BCUT2D eigenvalue weighted by molar-refractivity contribution is 7.46. The van der Waals surface area contributed by atoms with Crippen LogP contribution in [0.5, 0.6) is 0 Å². The fourth-order valence-corrected chi connectivity index (χ4v) is 5.91. The smallest absolute Gasteiger partial charge is 0.462 e. The molecule has 0 aromatic rings. The molecule has 0 amide bonds. The van der Waals surface area contributed by atoms with Gasteiger partial charge in [-0.05, 0) is 77.0 Å². The number of ether oxygens (including phenoxy) is 3. The van der Waals surface area contributed by atoms with E-state index in [9.17, 15) is 14.2 Å². The average Bonchev–Trinajstić information content (AvgIpc) is 3.87. The summed E-state index contributed by atoms with van der Waals surface area (Å²) in [5.41, 5.74) is 0. The minimum absolute atomic E-state index is 0.127. The Morgan fingerprint density at radius 3 is 1.77 bits per heavy atom. The monoisotopic (exact) mass is 750 g/mol. The summed E-state index contributed by atoms with van der Waals surface area (Å²) in [4.78, 5) is 42.8. The van der Waals surface area contributed by atoms with Crippen LogP contribution in [-0.4, -0.2) is 53.3 Å². The molecule has 1 rings (SSSR count). The first-order valence-corrected chi connectivity index (χ1v) is 21.7. The number of carbonyl (C=O) groups is 2. The Labute approximate surface area is 315 Å². The maximum absolute atomic E-state index is 12.4. The van der Waals surface area contributed by atoms with Gasteiger partial charge in [0.05, 0.1) is 18.8 Å². The van der Waals surface area contributed by atoms with E-state index in [1.807, 2.05) is 6.08 Å². The van der Waals surface area contributed by atoms with Gasteiger partial charge in [-0.15, -0.1) is 0 Å². The molecule has 0 aromatic heterocycles. The van der Waals surface area contributed by atoms with Gasteiger partial charge < -0.3 is 24.0 Å². The van der Waals surface area contributed by atoms with Gasteiger partial charge in [0.2, 0.25) is 0 Å². The van der Waals surface area contributed by atoms with Crippen molar-refractivity contribution >= 4 is 19.8 Å². The number of hydrogen-bond acceptors (Lipinski definition) is 7. The summed E-state index contributed by atoms with van der Waals surface area (Å²) in [7, 11) is -4.78. The van der Waals surface area contributed by atoms with Gasteiger partial charge in [-0.3, -0.25) is 14.1 Å². The molecule has 1 aliphatic rings. The van der Waals surface area contributed by atoms with Gasteiger partial charge in [0.25, 0.3) is 0 Å². The Kier molecular flexibility index (Phi) is 30.6. The SMILES string of the molecule is CCCCC/C=C\C/C=C\CCCCCCCCC(=O)OC[C@H](COP(=O)(O)O)OC(=O)CCC/C=C\C/C=C\C/C=C\CC1OC1CCCCC. The normalized spacial score (nSPS) is 17.0. The predicted octanol–water partition coefficient (Wildman–Crippen LogP) is 11.1. The molecule has 52 heavy (non-hydrogen) atoms. The Morgan fingerprint density at radius 1 is 0.615 bits per heavy atom. The number of epoxide rings is 1. The molecule has 2 unspecified atom stereocenters. The van der Waals surface area contributed by atoms with Crippen LogP contribution < -0.4 is 0 Å². The van der Waals surface area contributed by atoms with Crippen molar-refractivity contribution in [2.45, 2.75) is 180 Å². The van der Waals surface area contributed by atoms with Crippen molar-refractivity contribution in [2.75, 3.05) is 13.2 Å². The molecule has 0 spiro atoms. The van der Waals surface area contributed by atoms with Crippen LogP contribution in [0.3, 0.4) is 0 Å². The first-order valence-electron chi connectivity index (χ1n) is 20.2. The second kappa shape index (κ2) is 33.3. The number of phosphoric ester groups is 1. The van der Waals surface area contributed by atoms with Crippen molar-refractivity contribution in [1.82, 2.24) is 0 Å². The van der Waals surface area contributed by atoms with Crippen LogP contribution in [0.2, 0.25) is 0 Å². The standard InChI is InChI=1S/C42H71O9P/c1-3-5-7-8-9-10-11-12-13-14-15-16-20-23-26-30-34-41(43)48-36-38(37-49-52(45,46)47)50-42(44)35-31-27-24-21-18-17-19-22-25-29-33-40-39(51-40)32-28-6-4-2/h9-10,12-13,17,19,21,24-25,29,38-40H,3-8,11,14-16,18,20,22-23,26-28,30-37H2,1-2H3,(H2,45,46,47)/b10-9-,13-12-,19-17-,24-21-,29-25-/t38-,39?,40?/m1/s1. The quantitative estimate of drug-likeness (QED) is 0.0213. The third-order valence-electron chi connectivity index (χ3n) is 8.68. The van der Waals surface area contributed by atoms with Gasteiger partial charge in [-0.2, -0.15) is 0 Å². The van der Waals surface area contributed by atoms with Crippen LogP contribution in [-0.2, 0) is 32.9 Å². The molecular weight excluding hydrogens is 679 g/mol. The van der Waals surface area contributed by atoms with Crippen LogP contribution in [0.25, 0.3) is 0 Å². The molecule has 1 aliphatic heterocycles. The van der Waals surface area contributed by atoms with Gasteiger partial charge in [-0.25, -0.2) is 4.57 Å². The van der Waals surface area contributed by atoms with E-state index in [1.54, 1.807) is 0 Å². The molecule has 3 atom stereocenters. The number of carbonyl (C=O) groups excluding carboxylic acids is 2. The summed E-state index contributed by atoms with van der Waals surface area (Å²) >= 11 is 0. The van der Waals surface area contributed by atoms with E-state index in [1.165, 1.54) is 57.8 Å². The highest BCUT2D eigenvalue weighted by Gasteiger charge is 2.36. The molecule has 9 nitrogen and oxygen atoms in total. The van der Waals surface area contributed by atoms with Gasteiger partial charge >= 0.3 is 19.8 Å². The molecule has 298 valence electrons. The van der Waals surface area contributed by atoms with Crippen LogP contribution in [0.1, 0.15) is 162 Å². The summed E-state index contributed by atoms with van der Waals surface area (Å²) in [6, 6.07) is 0. The number of phosphoric acid groups is 1. The molecule has 0 radical (unpaired) electrons. The van der Waals surface area contributed by atoms with Crippen LogP contribution >= 0.6 is 7.82 Å². The topological polar surface area (TPSA) is 132 Å². The van der Waals surface area contributed by atoms with Crippen LogP contribution in [0, 0.1) is 0 Å². The molecule has 0 saturated carbocycles. The van der Waals surface area contributed by atoms with Gasteiger partial charge in [0, 0.05) is 12.8 Å². The van der Waals surface area contributed by atoms with Gasteiger partial charge in [0.1, 0.15) is 6.61 Å². The Hall–Kier alpha value is -2.29. The lowest BCUT2D eigenvalue weighted by Crippen LogP contribution is -2.29. The van der Waals surface area contributed by atoms with E-state index in [2.05, 4.69) is 73.1 Å².